The topological polar surface area (TPSA) is 84.7 Å². The van der Waals surface area contributed by atoms with Gasteiger partial charge in [-0.15, -0.1) is 0 Å². The van der Waals surface area contributed by atoms with Crippen molar-refractivity contribution in [2.24, 2.45) is 0 Å². The van der Waals surface area contributed by atoms with Gasteiger partial charge in [0.25, 0.3) is 5.69 Å². The number of halogens is 1. The number of carbonyl (C=O) groups is 1. The second kappa shape index (κ2) is 8.43. The average Bonchev–Trinajstić information content (AvgIpc) is 3.02. The summed E-state index contributed by atoms with van der Waals surface area (Å²) in [4.78, 5) is 25.9. The maximum atomic E-state index is 13.1. The van der Waals surface area contributed by atoms with Crippen LogP contribution in [0.5, 0.6) is 5.75 Å². The van der Waals surface area contributed by atoms with Gasteiger partial charge in [0.15, 0.2) is 0 Å². The van der Waals surface area contributed by atoms with Gasteiger partial charge in [-0.05, 0) is 55.3 Å². The molecule has 2 aliphatic rings. The summed E-state index contributed by atoms with van der Waals surface area (Å²) in [5, 5.41) is 14.8. The molecule has 3 aromatic rings. The minimum absolute atomic E-state index is 0.00211. The molecule has 1 amide bonds. The van der Waals surface area contributed by atoms with Crippen molar-refractivity contribution in [3.63, 3.8) is 0 Å². The molecule has 2 aliphatic heterocycles. The van der Waals surface area contributed by atoms with Crippen molar-refractivity contribution in [3.8, 4) is 5.75 Å². The lowest BCUT2D eigenvalue weighted by Crippen LogP contribution is -2.61. The number of hydrogen-bond donors (Lipinski definition) is 1. The quantitative estimate of drug-likeness (QED) is 0.380. The van der Waals surface area contributed by atoms with Crippen LogP contribution in [0.1, 0.15) is 30.5 Å². The fraction of sp³-hybridized carbons (Fsp3) is 0.222. The summed E-state index contributed by atoms with van der Waals surface area (Å²) in [6, 6.07) is 19.9. The number of fused-ring (bicyclic) bond motifs is 2. The highest BCUT2D eigenvalue weighted by Gasteiger charge is 2.59. The van der Waals surface area contributed by atoms with Crippen LogP contribution >= 0.6 is 11.6 Å². The first-order valence-corrected chi connectivity index (χ1v) is 11.6. The Kier molecular flexibility index (Phi) is 5.52. The van der Waals surface area contributed by atoms with Gasteiger partial charge in [0, 0.05) is 35.0 Å². The summed E-state index contributed by atoms with van der Waals surface area (Å²) >= 11 is 6.24. The van der Waals surface area contributed by atoms with Gasteiger partial charge in [-0.2, -0.15) is 0 Å². The lowest BCUT2D eigenvalue weighted by Gasteiger charge is -2.46. The van der Waals surface area contributed by atoms with Gasteiger partial charge in [0.2, 0.25) is 11.6 Å². The fourth-order valence-corrected chi connectivity index (χ4v) is 5.15. The third kappa shape index (κ3) is 3.72. The van der Waals surface area contributed by atoms with Crippen LogP contribution in [-0.4, -0.2) is 23.1 Å². The molecule has 7 nitrogen and oxygen atoms in total. The van der Waals surface area contributed by atoms with Crippen molar-refractivity contribution in [3.05, 3.63) is 105 Å². The van der Waals surface area contributed by atoms with E-state index < -0.39 is 16.1 Å². The molecular formula is C27H24ClN3O4. The highest BCUT2D eigenvalue weighted by Crippen LogP contribution is 2.54. The van der Waals surface area contributed by atoms with Gasteiger partial charge >= 0.3 is 0 Å². The van der Waals surface area contributed by atoms with E-state index in [-0.39, 0.29) is 18.1 Å². The molecular weight excluding hydrogens is 466 g/mol. The van der Waals surface area contributed by atoms with Crippen LogP contribution in [0.4, 0.5) is 11.4 Å². The summed E-state index contributed by atoms with van der Waals surface area (Å²) in [5.74, 6) is 0.351. The zero-order valence-corrected chi connectivity index (χ0v) is 20.1. The molecule has 1 spiro atoms. The zero-order valence-electron chi connectivity index (χ0n) is 19.3. The Morgan fingerprint density at radius 1 is 1.11 bits per heavy atom. The van der Waals surface area contributed by atoms with Crippen molar-refractivity contribution in [2.75, 3.05) is 11.4 Å². The Labute approximate surface area is 208 Å². The Hall–Kier alpha value is -3.84. The van der Waals surface area contributed by atoms with Crippen LogP contribution in [-0.2, 0) is 16.8 Å². The summed E-state index contributed by atoms with van der Waals surface area (Å²) in [6.07, 6.45) is 3.74. The number of nitrogens with one attached hydrogen (secondary N) is 1. The number of anilines is 1. The van der Waals surface area contributed by atoms with Crippen LogP contribution in [0.25, 0.3) is 6.08 Å². The average molecular weight is 490 g/mol. The highest BCUT2D eigenvalue weighted by molar-refractivity contribution is 6.31. The molecule has 0 saturated heterocycles. The molecule has 8 heteroatoms. The molecule has 0 aliphatic carbocycles. The highest BCUT2D eigenvalue weighted by atomic mass is 35.5. The maximum absolute atomic E-state index is 13.1. The van der Waals surface area contributed by atoms with Crippen molar-refractivity contribution >= 4 is 35.0 Å². The summed E-state index contributed by atoms with van der Waals surface area (Å²) < 4.78 is 6.62. The number of nitrogens with zero attached hydrogens (tertiary/aromatic N) is 2. The number of ether oxygens (including phenoxy) is 1. The standard InChI is InChI=1S/C27H24ClN3O4/c1-26(2)21-8-4-6-10-23(21)30(17-25(32)29-16-19-7-3-5-9-22(19)28)27(26)14-13-18-15-20(31(33)34)11-12-24(18)35-27/h3-15H,16-17H2,1-2H3,(H,29,32)/t27-/m1/s1. The molecule has 0 aromatic heterocycles. The summed E-state index contributed by atoms with van der Waals surface area (Å²) in [6.45, 7) is 4.52. The summed E-state index contributed by atoms with van der Waals surface area (Å²) in [7, 11) is 0. The number of benzene rings is 3. The monoisotopic (exact) mass is 489 g/mol. The molecule has 178 valence electrons. The van der Waals surface area contributed by atoms with E-state index >= 15 is 0 Å². The third-order valence-corrected chi connectivity index (χ3v) is 7.23. The lowest BCUT2D eigenvalue weighted by molar-refractivity contribution is -0.384. The largest absolute Gasteiger partial charge is 0.463 e. The molecule has 35 heavy (non-hydrogen) atoms. The molecule has 0 radical (unpaired) electrons. The molecule has 0 fully saturated rings. The van der Waals surface area contributed by atoms with Crippen LogP contribution < -0.4 is 15.0 Å². The first-order valence-electron chi connectivity index (χ1n) is 11.3. The summed E-state index contributed by atoms with van der Waals surface area (Å²) in [5.41, 5.74) is 1.89. The van der Waals surface area contributed by atoms with E-state index in [9.17, 15) is 14.9 Å². The Bertz CT molecular complexity index is 1370. The predicted molar refractivity (Wildman–Crippen MR) is 136 cm³/mol. The normalized spacial score (nSPS) is 19.1. The van der Waals surface area contributed by atoms with Gasteiger partial charge in [0.05, 0.1) is 10.3 Å². The van der Waals surface area contributed by atoms with E-state index in [1.54, 1.807) is 12.1 Å². The van der Waals surface area contributed by atoms with Crippen molar-refractivity contribution in [1.82, 2.24) is 5.32 Å². The smallest absolute Gasteiger partial charge is 0.270 e. The molecule has 5 rings (SSSR count). The van der Waals surface area contributed by atoms with E-state index in [4.69, 9.17) is 16.3 Å². The van der Waals surface area contributed by atoms with Gasteiger partial charge in [-0.25, -0.2) is 0 Å². The number of non-ortho nitro benzene ring substituents is 1. The third-order valence-electron chi connectivity index (χ3n) is 6.86. The number of nitro groups is 1. The van der Waals surface area contributed by atoms with Gasteiger partial charge in [-0.3, -0.25) is 14.9 Å². The second-order valence-electron chi connectivity index (χ2n) is 9.21. The minimum Gasteiger partial charge on any atom is -0.463 e. The Morgan fingerprint density at radius 3 is 2.63 bits per heavy atom. The van der Waals surface area contributed by atoms with E-state index in [1.165, 1.54) is 12.1 Å². The lowest BCUT2D eigenvalue weighted by atomic mass is 9.76. The first-order chi connectivity index (χ1) is 16.7. The van der Waals surface area contributed by atoms with Crippen molar-refractivity contribution in [2.45, 2.75) is 31.5 Å². The molecule has 2 heterocycles. The number of hydrogen-bond acceptors (Lipinski definition) is 5. The van der Waals surface area contributed by atoms with Gasteiger partial charge < -0.3 is 15.0 Å². The molecule has 0 saturated carbocycles. The number of carbonyl (C=O) groups excluding carboxylic acids is 1. The van der Waals surface area contributed by atoms with Crippen LogP contribution in [0, 0.1) is 10.1 Å². The SMILES string of the molecule is CC1(C)c2ccccc2N(CC(=O)NCc2ccccc2Cl)[C@@]12C=Cc1cc([N+](=O)[O-])ccc1O2. The predicted octanol–water partition coefficient (Wildman–Crippen LogP) is 5.46. The van der Waals surface area contributed by atoms with Crippen molar-refractivity contribution in [1.29, 1.82) is 0 Å². The van der Waals surface area contributed by atoms with E-state index in [0.29, 0.717) is 22.9 Å². The van der Waals surface area contributed by atoms with Crippen molar-refractivity contribution < 1.29 is 14.5 Å². The van der Waals surface area contributed by atoms with Crippen LogP contribution in [0.3, 0.4) is 0 Å². The van der Waals surface area contributed by atoms with E-state index in [1.807, 2.05) is 59.5 Å². The first kappa shape index (κ1) is 22.9. The minimum atomic E-state index is -0.998. The van der Waals surface area contributed by atoms with Crippen LogP contribution in [0.2, 0.25) is 5.02 Å². The molecule has 0 bridgehead atoms. The van der Waals surface area contributed by atoms with Crippen LogP contribution in [0.15, 0.2) is 72.8 Å². The van der Waals surface area contributed by atoms with E-state index in [0.717, 1.165) is 16.8 Å². The maximum Gasteiger partial charge on any atom is 0.270 e. The number of rotatable bonds is 5. The number of amides is 1. The Morgan fingerprint density at radius 2 is 1.86 bits per heavy atom. The Balaban J connectivity index is 1.49. The van der Waals surface area contributed by atoms with E-state index in [2.05, 4.69) is 19.2 Å². The number of nitro benzene ring substituents is 1. The zero-order chi connectivity index (χ0) is 24.8. The number of para-hydroxylation sites is 1. The molecule has 1 N–H and O–H groups in total. The van der Waals surface area contributed by atoms with Gasteiger partial charge in [-0.1, -0.05) is 48.0 Å². The molecule has 0 unspecified atom stereocenters. The molecule has 3 aromatic carbocycles. The van der Waals surface area contributed by atoms with Gasteiger partial charge in [0.1, 0.15) is 12.3 Å². The fourth-order valence-electron chi connectivity index (χ4n) is 4.94. The second-order valence-corrected chi connectivity index (χ2v) is 9.61. The molecule has 1 atom stereocenters.